The third kappa shape index (κ3) is 5.24. The Hall–Kier alpha value is -4.03. The van der Waals surface area contributed by atoms with Crippen molar-refractivity contribution in [3.05, 3.63) is 105 Å². The first-order valence-corrected chi connectivity index (χ1v) is 14.0. The Labute approximate surface area is 239 Å². The highest BCUT2D eigenvalue weighted by atomic mass is 35.5. The van der Waals surface area contributed by atoms with Crippen LogP contribution in [0.3, 0.4) is 0 Å². The minimum Gasteiger partial charge on any atom is -0.504 e. The minimum atomic E-state index is -0.159. The van der Waals surface area contributed by atoms with Gasteiger partial charge in [0.2, 0.25) is 0 Å². The summed E-state index contributed by atoms with van der Waals surface area (Å²) in [5.41, 5.74) is 8.59. The molecule has 0 fully saturated rings. The van der Waals surface area contributed by atoms with Crippen molar-refractivity contribution in [2.75, 3.05) is 12.4 Å². The second-order valence-corrected chi connectivity index (χ2v) is 11.3. The van der Waals surface area contributed by atoms with Gasteiger partial charge in [-0.05, 0) is 91.6 Å². The number of hydrogen-bond donors (Lipinski definition) is 3. The number of hydrogen-bond acceptors (Lipinski definition) is 5. The van der Waals surface area contributed by atoms with E-state index in [1.165, 1.54) is 30.4 Å². The lowest BCUT2D eigenvalue weighted by molar-refractivity contribution is 0.0951. The molecule has 1 aromatic heterocycles. The molecule has 6 nitrogen and oxygen atoms in total. The first-order valence-electron chi connectivity index (χ1n) is 13.6. The number of methoxy groups -OCH3 is 1. The average Bonchev–Trinajstić information content (AvgIpc) is 2.94. The molecule has 2 bridgehead atoms. The van der Waals surface area contributed by atoms with E-state index in [2.05, 4.69) is 29.7 Å². The van der Waals surface area contributed by atoms with Gasteiger partial charge in [-0.15, -0.1) is 0 Å². The topological polar surface area (TPSA) is 83.5 Å². The van der Waals surface area contributed by atoms with Crippen LogP contribution in [0.4, 0.5) is 5.69 Å². The molecule has 6 rings (SSSR count). The summed E-state index contributed by atoms with van der Waals surface area (Å²) in [7, 11) is 1.50. The van der Waals surface area contributed by atoms with Gasteiger partial charge in [0.25, 0.3) is 5.91 Å². The van der Waals surface area contributed by atoms with Crippen LogP contribution in [0.25, 0.3) is 10.9 Å². The normalized spacial score (nSPS) is 17.6. The molecule has 0 radical (unpaired) electrons. The van der Waals surface area contributed by atoms with Crippen molar-refractivity contribution in [2.45, 2.75) is 45.2 Å². The predicted octanol–water partition coefficient (Wildman–Crippen LogP) is 7.14. The standard InChI is InChI=1S/C33H32ClN3O3/c1-19-11-22-13-24(12-19)31-28(14-22)37-27-16-25(34)8-9-26(27)32(31)35-17-20-3-6-23(7-4-20)33(39)36-18-21-5-10-29(38)30(15-21)40-2/h3-11,15-16,22,24,38H,12-14,17-18H2,1-2H3,(H,35,37)(H,36,39). The van der Waals surface area contributed by atoms with Crippen LogP contribution in [0.5, 0.6) is 11.5 Å². The lowest BCUT2D eigenvalue weighted by atomic mass is 9.71. The second-order valence-electron chi connectivity index (χ2n) is 10.9. The number of aromatic nitrogens is 1. The van der Waals surface area contributed by atoms with Crippen LogP contribution in [0.1, 0.15) is 58.4 Å². The van der Waals surface area contributed by atoms with Gasteiger partial charge >= 0.3 is 0 Å². The van der Waals surface area contributed by atoms with Crippen LogP contribution in [0, 0.1) is 5.92 Å². The number of carbonyl (C=O) groups is 1. The maximum absolute atomic E-state index is 12.8. The fourth-order valence-electron chi connectivity index (χ4n) is 6.16. The smallest absolute Gasteiger partial charge is 0.251 e. The van der Waals surface area contributed by atoms with Crippen LogP contribution in [-0.2, 0) is 19.5 Å². The summed E-state index contributed by atoms with van der Waals surface area (Å²) in [5.74, 6) is 1.31. The van der Waals surface area contributed by atoms with E-state index in [0.717, 1.165) is 40.6 Å². The number of allylic oxidation sites excluding steroid dienone is 2. The zero-order valence-electron chi connectivity index (χ0n) is 22.6. The summed E-state index contributed by atoms with van der Waals surface area (Å²) in [6.07, 6.45) is 5.62. The van der Waals surface area contributed by atoms with Crippen molar-refractivity contribution in [3.8, 4) is 11.5 Å². The number of carbonyl (C=O) groups excluding carboxylic acids is 1. The third-order valence-electron chi connectivity index (χ3n) is 7.99. The van der Waals surface area contributed by atoms with E-state index < -0.39 is 0 Å². The van der Waals surface area contributed by atoms with E-state index >= 15 is 0 Å². The molecule has 1 amide bonds. The van der Waals surface area contributed by atoms with Crippen LogP contribution in [0.15, 0.2) is 72.3 Å². The minimum absolute atomic E-state index is 0.0701. The molecule has 0 spiro atoms. The van der Waals surface area contributed by atoms with Crippen molar-refractivity contribution < 1.29 is 14.6 Å². The third-order valence-corrected chi connectivity index (χ3v) is 8.22. The van der Waals surface area contributed by atoms with Crippen molar-refractivity contribution in [3.63, 3.8) is 0 Å². The molecule has 4 aromatic rings. The van der Waals surface area contributed by atoms with Crippen molar-refractivity contribution in [1.82, 2.24) is 10.3 Å². The van der Waals surface area contributed by atoms with Gasteiger partial charge in [0, 0.05) is 46.0 Å². The van der Waals surface area contributed by atoms with Crippen LogP contribution < -0.4 is 15.4 Å². The van der Waals surface area contributed by atoms with E-state index in [-0.39, 0.29) is 11.7 Å². The molecule has 2 aliphatic carbocycles. The summed E-state index contributed by atoms with van der Waals surface area (Å²) < 4.78 is 5.15. The van der Waals surface area contributed by atoms with Gasteiger partial charge < -0.3 is 20.5 Å². The molecular weight excluding hydrogens is 522 g/mol. The summed E-state index contributed by atoms with van der Waals surface area (Å²) in [5, 5.41) is 18.2. The number of pyridine rings is 1. The van der Waals surface area contributed by atoms with E-state index in [0.29, 0.717) is 41.3 Å². The molecule has 2 unspecified atom stereocenters. The number of fused-ring (bicyclic) bond motifs is 5. The average molecular weight is 554 g/mol. The quantitative estimate of drug-likeness (QED) is 0.212. The lowest BCUT2D eigenvalue weighted by Crippen LogP contribution is -2.24. The highest BCUT2D eigenvalue weighted by Crippen LogP contribution is 2.47. The number of phenols is 1. The highest BCUT2D eigenvalue weighted by Gasteiger charge is 2.33. The van der Waals surface area contributed by atoms with Gasteiger partial charge in [-0.2, -0.15) is 0 Å². The van der Waals surface area contributed by atoms with Crippen LogP contribution in [0.2, 0.25) is 5.02 Å². The van der Waals surface area contributed by atoms with E-state index in [1.807, 2.05) is 36.4 Å². The Morgan fingerprint density at radius 2 is 1.85 bits per heavy atom. The maximum atomic E-state index is 12.8. The zero-order chi connectivity index (χ0) is 27.8. The zero-order valence-corrected chi connectivity index (χ0v) is 23.4. The van der Waals surface area contributed by atoms with Gasteiger partial charge in [-0.3, -0.25) is 9.78 Å². The van der Waals surface area contributed by atoms with Crippen molar-refractivity contribution in [1.29, 1.82) is 0 Å². The Morgan fingerprint density at radius 3 is 2.65 bits per heavy atom. The molecule has 3 N–H and O–H groups in total. The second kappa shape index (κ2) is 10.9. The summed E-state index contributed by atoms with van der Waals surface area (Å²) >= 11 is 6.34. The molecule has 0 aliphatic heterocycles. The monoisotopic (exact) mass is 553 g/mol. The van der Waals surface area contributed by atoms with Crippen molar-refractivity contribution >= 4 is 34.1 Å². The fourth-order valence-corrected chi connectivity index (χ4v) is 6.32. The SMILES string of the molecule is COc1cc(CNC(=O)c2ccc(CNc3c4c(nc5cc(Cl)ccc35)CC3C=C(C)CC4C3)cc2)ccc1O. The van der Waals surface area contributed by atoms with Crippen molar-refractivity contribution in [2.24, 2.45) is 5.92 Å². The Morgan fingerprint density at radius 1 is 1.05 bits per heavy atom. The van der Waals surface area contributed by atoms with Crippen LogP contribution >= 0.6 is 11.6 Å². The molecule has 204 valence electrons. The number of aromatic hydroxyl groups is 1. The molecule has 0 saturated heterocycles. The van der Waals surface area contributed by atoms with E-state index in [9.17, 15) is 9.90 Å². The van der Waals surface area contributed by atoms with E-state index in [4.69, 9.17) is 21.3 Å². The molecule has 2 atom stereocenters. The summed E-state index contributed by atoms with van der Waals surface area (Å²) in [6, 6.07) is 18.7. The number of nitrogens with one attached hydrogen (secondary N) is 2. The first-order chi connectivity index (χ1) is 19.4. The van der Waals surface area contributed by atoms with Crippen LogP contribution in [-0.4, -0.2) is 23.1 Å². The Balaban J connectivity index is 1.19. The predicted molar refractivity (Wildman–Crippen MR) is 159 cm³/mol. The number of anilines is 1. The highest BCUT2D eigenvalue weighted by molar-refractivity contribution is 6.31. The van der Waals surface area contributed by atoms with Gasteiger partial charge in [-0.1, -0.05) is 41.4 Å². The summed E-state index contributed by atoms with van der Waals surface area (Å²) in [6.45, 7) is 3.21. The summed E-state index contributed by atoms with van der Waals surface area (Å²) in [4.78, 5) is 17.8. The number of benzene rings is 3. The number of nitrogens with zero attached hydrogens (tertiary/aromatic N) is 1. The van der Waals surface area contributed by atoms with Gasteiger partial charge in [0.05, 0.1) is 12.6 Å². The molecule has 2 aliphatic rings. The number of ether oxygens (including phenoxy) is 1. The molecular formula is C33H32ClN3O3. The van der Waals surface area contributed by atoms with E-state index in [1.54, 1.807) is 18.2 Å². The van der Waals surface area contributed by atoms with Gasteiger partial charge in [-0.25, -0.2) is 0 Å². The Bertz CT molecular complexity index is 1630. The lowest BCUT2D eigenvalue weighted by Gasteiger charge is -2.36. The number of phenolic OH excluding ortho intramolecular Hbond substituents is 1. The molecule has 3 aromatic carbocycles. The van der Waals surface area contributed by atoms with Gasteiger partial charge in [0.1, 0.15) is 0 Å². The van der Waals surface area contributed by atoms with Gasteiger partial charge in [0.15, 0.2) is 11.5 Å². The first kappa shape index (κ1) is 26.2. The maximum Gasteiger partial charge on any atom is 0.251 e. The fraction of sp³-hybridized carbons (Fsp3) is 0.273. The number of amides is 1. The molecule has 40 heavy (non-hydrogen) atoms. The molecule has 7 heteroatoms. The molecule has 0 saturated carbocycles. The number of halogens is 1. The number of rotatable bonds is 7. The largest absolute Gasteiger partial charge is 0.504 e. The Kier molecular flexibility index (Phi) is 7.11. The molecule has 1 heterocycles.